The third kappa shape index (κ3) is 2.01. The van der Waals surface area contributed by atoms with Gasteiger partial charge in [-0.3, -0.25) is 4.79 Å². The van der Waals surface area contributed by atoms with Crippen LogP contribution in [0.5, 0.6) is 0 Å². The van der Waals surface area contributed by atoms with Crippen LogP contribution in [-0.4, -0.2) is 28.5 Å². The summed E-state index contributed by atoms with van der Waals surface area (Å²) in [5.41, 5.74) is 0. The molecule has 1 atom stereocenters. The first-order chi connectivity index (χ1) is 6.90. The molecule has 0 aliphatic carbocycles. The summed E-state index contributed by atoms with van der Waals surface area (Å²) in [7, 11) is 0. The summed E-state index contributed by atoms with van der Waals surface area (Å²) in [6.07, 6.45) is 7.92. The minimum atomic E-state index is 0.372. The van der Waals surface area contributed by atoms with Crippen molar-refractivity contribution in [3.05, 3.63) is 18.2 Å². The highest BCUT2D eigenvalue weighted by Crippen LogP contribution is 2.16. The zero-order valence-electron chi connectivity index (χ0n) is 8.06. The molecule has 1 unspecified atom stereocenters. The summed E-state index contributed by atoms with van der Waals surface area (Å²) >= 11 is 0. The van der Waals surface area contributed by atoms with Crippen LogP contribution in [0.15, 0.2) is 12.4 Å². The molecule has 0 N–H and O–H groups in total. The second-order valence-electron chi connectivity index (χ2n) is 3.52. The predicted molar refractivity (Wildman–Crippen MR) is 51.2 cm³/mol. The summed E-state index contributed by atoms with van der Waals surface area (Å²) < 4.78 is 7.37. The molecule has 0 saturated carbocycles. The van der Waals surface area contributed by atoms with E-state index in [2.05, 4.69) is 4.98 Å². The van der Waals surface area contributed by atoms with E-state index in [9.17, 15) is 4.79 Å². The van der Waals surface area contributed by atoms with E-state index in [0.29, 0.717) is 11.9 Å². The van der Waals surface area contributed by atoms with Gasteiger partial charge in [-0.05, 0) is 19.3 Å². The molecular formula is C10H14N2O2. The maximum atomic E-state index is 10.6. The first kappa shape index (κ1) is 9.40. The fraction of sp³-hybridized carbons (Fsp3) is 0.600. The number of nitrogens with zero attached hydrogens (tertiary/aromatic N) is 2. The fourth-order valence-corrected chi connectivity index (χ4v) is 1.78. The molecule has 76 valence electrons. The topological polar surface area (TPSA) is 44.1 Å². The number of imidazole rings is 1. The lowest BCUT2D eigenvalue weighted by molar-refractivity contribution is 0.0992. The number of ether oxygens (including phenoxy) is 1. The summed E-state index contributed by atoms with van der Waals surface area (Å²) in [6.45, 7) is 1.70. The zero-order chi connectivity index (χ0) is 9.80. The van der Waals surface area contributed by atoms with Gasteiger partial charge in [0, 0.05) is 25.5 Å². The van der Waals surface area contributed by atoms with Crippen LogP contribution in [0.3, 0.4) is 0 Å². The monoisotopic (exact) mass is 194 g/mol. The lowest BCUT2D eigenvalue weighted by Gasteiger charge is -2.09. The Hall–Kier alpha value is -1.16. The maximum Gasteiger partial charge on any atom is 0.185 e. The van der Waals surface area contributed by atoms with Crippen molar-refractivity contribution in [2.75, 3.05) is 6.61 Å². The highest BCUT2D eigenvalue weighted by atomic mass is 16.5. The zero-order valence-corrected chi connectivity index (χ0v) is 8.06. The summed E-state index contributed by atoms with van der Waals surface area (Å²) in [5, 5.41) is 0. The molecule has 1 saturated heterocycles. The number of hydrogen-bond donors (Lipinski definition) is 0. The minimum Gasteiger partial charge on any atom is -0.378 e. The van der Waals surface area contributed by atoms with Crippen LogP contribution in [0.25, 0.3) is 0 Å². The van der Waals surface area contributed by atoms with Crippen molar-refractivity contribution in [1.82, 2.24) is 9.55 Å². The van der Waals surface area contributed by atoms with Gasteiger partial charge in [-0.25, -0.2) is 4.98 Å². The highest BCUT2D eigenvalue weighted by Gasteiger charge is 2.15. The van der Waals surface area contributed by atoms with Crippen molar-refractivity contribution in [3.8, 4) is 0 Å². The van der Waals surface area contributed by atoms with Crippen molar-refractivity contribution in [1.29, 1.82) is 0 Å². The van der Waals surface area contributed by atoms with Crippen LogP contribution in [0.2, 0.25) is 0 Å². The van der Waals surface area contributed by atoms with Crippen molar-refractivity contribution in [3.63, 3.8) is 0 Å². The molecule has 14 heavy (non-hydrogen) atoms. The van der Waals surface area contributed by atoms with E-state index in [1.165, 1.54) is 0 Å². The van der Waals surface area contributed by atoms with Gasteiger partial charge in [0.15, 0.2) is 12.1 Å². The third-order valence-electron chi connectivity index (χ3n) is 2.57. The third-order valence-corrected chi connectivity index (χ3v) is 2.57. The number of aldehydes is 1. The summed E-state index contributed by atoms with van der Waals surface area (Å²) in [4.78, 5) is 14.5. The van der Waals surface area contributed by atoms with Crippen molar-refractivity contribution in [2.24, 2.45) is 0 Å². The molecule has 1 aliphatic rings. The first-order valence-corrected chi connectivity index (χ1v) is 4.98. The van der Waals surface area contributed by atoms with Gasteiger partial charge in [0.25, 0.3) is 0 Å². The number of carbonyl (C=O) groups is 1. The van der Waals surface area contributed by atoms with E-state index in [0.717, 1.165) is 38.7 Å². The molecule has 1 fully saturated rings. The van der Waals surface area contributed by atoms with Gasteiger partial charge in [0.05, 0.1) is 6.10 Å². The Bertz CT molecular complexity index is 303. The number of hydrogen-bond acceptors (Lipinski definition) is 3. The van der Waals surface area contributed by atoms with E-state index in [4.69, 9.17) is 4.74 Å². The fourth-order valence-electron chi connectivity index (χ4n) is 1.78. The average molecular weight is 194 g/mol. The van der Waals surface area contributed by atoms with Crippen LogP contribution in [0.4, 0.5) is 0 Å². The molecule has 1 aliphatic heterocycles. The molecular weight excluding hydrogens is 180 g/mol. The Kier molecular flexibility index (Phi) is 2.93. The smallest absolute Gasteiger partial charge is 0.185 e. The second kappa shape index (κ2) is 4.37. The molecule has 0 amide bonds. The highest BCUT2D eigenvalue weighted by molar-refractivity contribution is 5.69. The minimum absolute atomic E-state index is 0.372. The number of aromatic nitrogens is 2. The molecule has 1 aromatic heterocycles. The van der Waals surface area contributed by atoms with Gasteiger partial charge >= 0.3 is 0 Å². The lowest BCUT2D eigenvalue weighted by Crippen LogP contribution is -2.11. The Balaban J connectivity index is 1.87. The maximum absolute atomic E-state index is 10.6. The molecule has 2 heterocycles. The molecule has 4 heteroatoms. The largest absolute Gasteiger partial charge is 0.378 e. The van der Waals surface area contributed by atoms with E-state index < -0.39 is 0 Å². The van der Waals surface area contributed by atoms with Crippen LogP contribution >= 0.6 is 0 Å². The molecule has 2 rings (SSSR count). The molecule has 1 aromatic rings. The van der Waals surface area contributed by atoms with Gasteiger partial charge in [0.2, 0.25) is 0 Å². The second-order valence-corrected chi connectivity index (χ2v) is 3.52. The van der Waals surface area contributed by atoms with Gasteiger partial charge < -0.3 is 9.30 Å². The van der Waals surface area contributed by atoms with Crippen molar-refractivity contribution in [2.45, 2.75) is 31.9 Å². The van der Waals surface area contributed by atoms with Crippen molar-refractivity contribution < 1.29 is 9.53 Å². The van der Waals surface area contributed by atoms with E-state index in [-0.39, 0.29) is 0 Å². The van der Waals surface area contributed by atoms with Crippen LogP contribution in [-0.2, 0) is 11.3 Å². The van der Waals surface area contributed by atoms with Crippen molar-refractivity contribution >= 4 is 6.29 Å². The van der Waals surface area contributed by atoms with Gasteiger partial charge in [0.1, 0.15) is 0 Å². The predicted octanol–water partition coefficient (Wildman–Crippen LogP) is 1.26. The SMILES string of the molecule is O=Cc1nccn1CCC1CCCO1. The van der Waals surface area contributed by atoms with E-state index in [1.807, 2.05) is 10.8 Å². The molecule has 0 spiro atoms. The summed E-state index contributed by atoms with van der Waals surface area (Å²) in [5.74, 6) is 0.503. The van der Waals surface area contributed by atoms with E-state index in [1.54, 1.807) is 6.20 Å². The standard InChI is InChI=1S/C10H14N2O2/c13-8-10-11-4-6-12(10)5-3-9-2-1-7-14-9/h4,6,8-9H,1-3,5,7H2. The molecule has 4 nitrogen and oxygen atoms in total. The van der Waals surface area contributed by atoms with Gasteiger partial charge in [-0.2, -0.15) is 0 Å². The number of aryl methyl sites for hydroxylation is 1. The van der Waals surface area contributed by atoms with Gasteiger partial charge in [-0.15, -0.1) is 0 Å². The number of rotatable bonds is 4. The Morgan fingerprint density at radius 2 is 2.64 bits per heavy atom. The van der Waals surface area contributed by atoms with E-state index >= 15 is 0 Å². The quantitative estimate of drug-likeness (QED) is 0.678. The normalized spacial score (nSPS) is 21.3. The Labute approximate surface area is 82.9 Å². The average Bonchev–Trinajstić information content (AvgIpc) is 2.85. The van der Waals surface area contributed by atoms with Crippen LogP contribution in [0, 0.1) is 0 Å². The van der Waals surface area contributed by atoms with Gasteiger partial charge in [-0.1, -0.05) is 0 Å². The molecule has 0 radical (unpaired) electrons. The van der Waals surface area contributed by atoms with Crippen LogP contribution < -0.4 is 0 Å². The molecule has 0 aromatic carbocycles. The molecule has 0 bridgehead atoms. The Morgan fingerprint density at radius 1 is 1.71 bits per heavy atom. The number of carbonyl (C=O) groups excluding carboxylic acids is 1. The Morgan fingerprint density at radius 3 is 3.36 bits per heavy atom. The lowest BCUT2D eigenvalue weighted by atomic mass is 10.2. The summed E-state index contributed by atoms with van der Waals surface area (Å²) in [6, 6.07) is 0. The first-order valence-electron chi connectivity index (χ1n) is 4.98. The van der Waals surface area contributed by atoms with Crippen LogP contribution in [0.1, 0.15) is 29.9 Å².